The summed E-state index contributed by atoms with van der Waals surface area (Å²) < 4.78 is 55.7. The largest absolute Gasteiger partial charge is 0.490 e. The minimum absolute atomic E-state index is 0.183. The van der Waals surface area contributed by atoms with Crippen molar-refractivity contribution in [3.63, 3.8) is 0 Å². The molecule has 2 unspecified atom stereocenters. The highest BCUT2D eigenvalue weighted by Gasteiger charge is 2.42. The maximum absolute atomic E-state index is 11.6. The molecular formula is C8H18BO12P3. The Labute approximate surface area is 139 Å². The van der Waals surface area contributed by atoms with Crippen molar-refractivity contribution in [3.8, 4) is 0 Å². The Kier molecular flexibility index (Phi) is 7.84. The van der Waals surface area contributed by atoms with Gasteiger partial charge < -0.3 is 29.0 Å². The second kappa shape index (κ2) is 8.39. The topological polar surface area (TPSA) is 178 Å². The molecule has 1 fully saturated rings. The van der Waals surface area contributed by atoms with Gasteiger partial charge in [-0.05, 0) is 20.3 Å². The Morgan fingerprint density at radius 2 is 1.71 bits per heavy atom. The van der Waals surface area contributed by atoms with Gasteiger partial charge in [-0.25, -0.2) is 13.7 Å². The van der Waals surface area contributed by atoms with Gasteiger partial charge in [0.15, 0.2) is 0 Å². The lowest BCUT2D eigenvalue weighted by Crippen LogP contribution is -2.31. The van der Waals surface area contributed by atoms with Gasteiger partial charge >= 0.3 is 23.5 Å². The third-order valence-corrected chi connectivity index (χ3v) is 6.30. The lowest BCUT2D eigenvalue weighted by atomic mass is 9.96. The van der Waals surface area contributed by atoms with Crippen molar-refractivity contribution in [2.75, 3.05) is 6.61 Å². The quantitative estimate of drug-likeness (QED) is 0.304. The maximum Gasteiger partial charge on any atom is 0.490 e. The van der Waals surface area contributed by atoms with E-state index >= 15 is 0 Å². The molecule has 0 aromatic heterocycles. The predicted octanol–water partition coefficient (Wildman–Crippen LogP) is 0.407. The van der Waals surface area contributed by atoms with Gasteiger partial charge in [0.25, 0.3) is 0 Å². The van der Waals surface area contributed by atoms with Crippen LogP contribution in [0.4, 0.5) is 0 Å². The summed E-state index contributed by atoms with van der Waals surface area (Å²) in [5, 5.41) is 0. The highest BCUT2D eigenvalue weighted by Crippen LogP contribution is 2.66. The van der Waals surface area contributed by atoms with Crippen LogP contribution in [0.3, 0.4) is 0 Å². The first-order chi connectivity index (χ1) is 10.7. The third kappa shape index (κ3) is 8.67. The molecule has 2 radical (unpaired) electrons. The number of ether oxygens (including phenoxy) is 2. The second-order valence-corrected chi connectivity index (χ2v) is 9.48. The molecule has 1 aliphatic heterocycles. The van der Waals surface area contributed by atoms with Crippen LogP contribution in [0.25, 0.3) is 0 Å². The molecule has 1 saturated heterocycles. The fourth-order valence-corrected chi connectivity index (χ4v) is 4.89. The fourth-order valence-electron chi connectivity index (χ4n) is 1.86. The summed E-state index contributed by atoms with van der Waals surface area (Å²) in [5.41, 5.74) is 0. The molecular weight excluding hydrogens is 392 g/mol. The zero-order valence-corrected chi connectivity index (χ0v) is 15.4. The van der Waals surface area contributed by atoms with Crippen LogP contribution in [0.5, 0.6) is 0 Å². The number of phosphoric acid groups is 3. The van der Waals surface area contributed by atoms with E-state index in [1.54, 1.807) is 13.8 Å². The molecule has 1 aliphatic rings. The Bertz CT molecular complexity index is 563. The SMILES string of the molecule is [B][C@H]1C[C@@H](OC(C)C)[C@@H](COP(=O)(O)OP(=O)(O)OP(=O)(O)O)O1. The van der Waals surface area contributed by atoms with E-state index < -0.39 is 48.3 Å². The first-order valence-electron chi connectivity index (χ1n) is 6.54. The first kappa shape index (κ1) is 22.4. The summed E-state index contributed by atoms with van der Waals surface area (Å²) in [6, 6.07) is -0.691. The molecule has 0 spiro atoms. The average Bonchev–Trinajstić information content (AvgIpc) is 2.61. The van der Waals surface area contributed by atoms with E-state index in [0.29, 0.717) is 6.42 Å². The molecule has 1 heterocycles. The molecule has 0 aromatic rings. The number of hydrogen-bond donors (Lipinski definition) is 4. The van der Waals surface area contributed by atoms with Gasteiger partial charge in [-0.1, -0.05) is 0 Å². The molecule has 16 heteroatoms. The van der Waals surface area contributed by atoms with Crippen molar-refractivity contribution < 1.29 is 55.9 Å². The van der Waals surface area contributed by atoms with Gasteiger partial charge in [0.05, 0.1) is 18.8 Å². The summed E-state index contributed by atoms with van der Waals surface area (Å²) in [6.07, 6.45) is -1.29. The molecule has 1 rings (SSSR count). The third-order valence-electron chi connectivity index (χ3n) is 2.49. The van der Waals surface area contributed by atoms with Crippen LogP contribution in [0.1, 0.15) is 20.3 Å². The van der Waals surface area contributed by atoms with Crippen LogP contribution in [0, 0.1) is 0 Å². The monoisotopic (exact) mass is 410 g/mol. The molecule has 0 saturated carbocycles. The number of hydrogen-bond acceptors (Lipinski definition) is 8. The summed E-state index contributed by atoms with van der Waals surface area (Å²) in [6.45, 7) is 2.92. The molecule has 4 N–H and O–H groups in total. The van der Waals surface area contributed by atoms with Crippen molar-refractivity contribution >= 4 is 31.3 Å². The fraction of sp³-hybridized carbons (Fsp3) is 1.00. The molecule has 0 aliphatic carbocycles. The molecule has 12 nitrogen and oxygen atoms in total. The minimum Gasteiger partial charge on any atom is -0.380 e. The average molecular weight is 410 g/mol. The van der Waals surface area contributed by atoms with Gasteiger partial charge in [0.1, 0.15) is 14.0 Å². The Hall–Kier alpha value is 0.395. The van der Waals surface area contributed by atoms with Gasteiger partial charge in [-0.15, -0.1) is 0 Å². The van der Waals surface area contributed by atoms with Crippen LogP contribution in [0.15, 0.2) is 0 Å². The van der Waals surface area contributed by atoms with Crippen LogP contribution >= 0.6 is 23.5 Å². The van der Waals surface area contributed by atoms with E-state index in [9.17, 15) is 18.6 Å². The standard InChI is InChI=1S/C8H18BO12P3/c1-5(2)18-6-3-8(9)19-7(6)4-17-23(13,14)21-24(15,16)20-22(10,11)12/h5-8H,3-4H2,1-2H3,(H,13,14)(H,15,16)(H2,10,11,12)/t6-,7-,8-/m1/s1. The van der Waals surface area contributed by atoms with Crippen LogP contribution in [0.2, 0.25) is 0 Å². The Morgan fingerprint density at radius 3 is 2.21 bits per heavy atom. The molecule has 0 bridgehead atoms. The van der Waals surface area contributed by atoms with E-state index in [-0.39, 0.29) is 6.10 Å². The van der Waals surface area contributed by atoms with Crippen molar-refractivity contribution in [2.24, 2.45) is 0 Å². The second-order valence-electron chi connectivity index (χ2n) is 5.06. The van der Waals surface area contributed by atoms with Crippen LogP contribution < -0.4 is 0 Å². The van der Waals surface area contributed by atoms with Gasteiger partial charge in [-0.2, -0.15) is 8.62 Å². The zero-order chi connectivity index (χ0) is 18.8. The van der Waals surface area contributed by atoms with Crippen LogP contribution in [-0.2, 0) is 36.3 Å². The number of phosphoric ester groups is 1. The molecule has 5 atom stereocenters. The normalized spacial score (nSPS) is 30.2. The highest BCUT2D eigenvalue weighted by atomic mass is 31.3. The summed E-state index contributed by atoms with van der Waals surface area (Å²) >= 11 is 0. The zero-order valence-electron chi connectivity index (χ0n) is 12.7. The van der Waals surface area contributed by atoms with E-state index in [0.717, 1.165) is 0 Å². The highest BCUT2D eigenvalue weighted by molar-refractivity contribution is 7.66. The lowest BCUT2D eigenvalue weighted by Gasteiger charge is -2.22. The number of rotatable bonds is 9. The Morgan fingerprint density at radius 1 is 1.12 bits per heavy atom. The van der Waals surface area contributed by atoms with Crippen molar-refractivity contribution in [3.05, 3.63) is 0 Å². The van der Waals surface area contributed by atoms with Crippen molar-refractivity contribution in [1.82, 2.24) is 0 Å². The van der Waals surface area contributed by atoms with Crippen molar-refractivity contribution in [1.29, 1.82) is 0 Å². The van der Waals surface area contributed by atoms with Crippen molar-refractivity contribution in [2.45, 2.75) is 44.6 Å². The molecule has 24 heavy (non-hydrogen) atoms. The lowest BCUT2D eigenvalue weighted by molar-refractivity contribution is -0.0571. The smallest absolute Gasteiger partial charge is 0.380 e. The van der Waals surface area contributed by atoms with Gasteiger partial charge in [-0.3, -0.25) is 4.52 Å². The van der Waals surface area contributed by atoms with Crippen LogP contribution in [-0.4, -0.2) is 58.3 Å². The predicted molar refractivity (Wildman–Crippen MR) is 78.9 cm³/mol. The van der Waals surface area contributed by atoms with E-state index in [1.165, 1.54) is 0 Å². The minimum atomic E-state index is -5.54. The first-order valence-corrected chi connectivity index (χ1v) is 11.1. The summed E-state index contributed by atoms with van der Waals surface area (Å²) in [4.78, 5) is 35.2. The summed E-state index contributed by atoms with van der Waals surface area (Å²) in [7, 11) is -10.6. The molecule has 140 valence electrons. The Balaban J connectivity index is 2.62. The van der Waals surface area contributed by atoms with Gasteiger partial charge in [0.2, 0.25) is 0 Å². The van der Waals surface area contributed by atoms with E-state index in [4.69, 9.17) is 32.0 Å². The molecule has 0 amide bonds. The van der Waals surface area contributed by atoms with E-state index in [1.807, 2.05) is 0 Å². The summed E-state index contributed by atoms with van der Waals surface area (Å²) in [5.74, 6) is 0. The van der Waals surface area contributed by atoms with Gasteiger partial charge in [0, 0.05) is 6.00 Å². The van der Waals surface area contributed by atoms with E-state index in [2.05, 4.69) is 13.1 Å². The molecule has 0 aromatic carbocycles. The maximum atomic E-state index is 11.6.